The van der Waals surface area contributed by atoms with Gasteiger partial charge in [-0.05, 0) is 13.0 Å². The Balaban J connectivity index is 2.05. The van der Waals surface area contributed by atoms with E-state index in [2.05, 4.69) is 9.97 Å². The summed E-state index contributed by atoms with van der Waals surface area (Å²) in [6.07, 6.45) is 0. The van der Waals surface area contributed by atoms with Crippen LogP contribution in [-0.2, 0) is 18.0 Å². The maximum Gasteiger partial charge on any atom is 0.218 e. The first kappa shape index (κ1) is 15.0. The van der Waals surface area contributed by atoms with Gasteiger partial charge in [0.15, 0.2) is 5.82 Å². The van der Waals surface area contributed by atoms with E-state index in [1.165, 1.54) is 0 Å². The SMILES string of the molecule is CCOCc1nc(Cl)cc(OCc2ccccc2Cl)n1. The third kappa shape index (κ3) is 4.34. The highest BCUT2D eigenvalue weighted by molar-refractivity contribution is 6.31. The van der Waals surface area contributed by atoms with Crippen LogP contribution < -0.4 is 4.74 Å². The molecule has 0 fully saturated rings. The zero-order valence-corrected chi connectivity index (χ0v) is 12.5. The quantitative estimate of drug-likeness (QED) is 0.759. The normalized spacial score (nSPS) is 10.6. The van der Waals surface area contributed by atoms with E-state index in [9.17, 15) is 0 Å². The number of rotatable bonds is 6. The molecule has 0 spiro atoms. The van der Waals surface area contributed by atoms with Crippen molar-refractivity contribution < 1.29 is 9.47 Å². The van der Waals surface area contributed by atoms with Gasteiger partial charge in [0, 0.05) is 23.3 Å². The molecule has 0 aliphatic rings. The van der Waals surface area contributed by atoms with Gasteiger partial charge in [-0.3, -0.25) is 0 Å². The van der Waals surface area contributed by atoms with Crippen LogP contribution >= 0.6 is 23.2 Å². The number of ether oxygens (including phenoxy) is 2. The molecule has 0 aliphatic carbocycles. The molecule has 0 radical (unpaired) electrons. The topological polar surface area (TPSA) is 44.2 Å². The molecule has 1 heterocycles. The van der Waals surface area contributed by atoms with Crippen molar-refractivity contribution in [3.05, 3.63) is 51.9 Å². The molecule has 1 aromatic carbocycles. The second-order valence-corrected chi connectivity index (χ2v) is 4.76. The predicted molar refractivity (Wildman–Crippen MR) is 78.2 cm³/mol. The molecule has 0 amide bonds. The highest BCUT2D eigenvalue weighted by Crippen LogP contribution is 2.19. The molecule has 0 saturated heterocycles. The van der Waals surface area contributed by atoms with E-state index >= 15 is 0 Å². The Morgan fingerprint density at radius 2 is 1.90 bits per heavy atom. The van der Waals surface area contributed by atoms with Crippen LogP contribution in [0.1, 0.15) is 18.3 Å². The Bertz CT molecular complexity index is 579. The van der Waals surface area contributed by atoms with Gasteiger partial charge in [0.25, 0.3) is 0 Å². The fourth-order valence-corrected chi connectivity index (χ4v) is 1.92. The molecule has 2 rings (SSSR count). The van der Waals surface area contributed by atoms with Gasteiger partial charge in [-0.15, -0.1) is 0 Å². The summed E-state index contributed by atoms with van der Waals surface area (Å²) in [5, 5.41) is 0.978. The summed E-state index contributed by atoms with van der Waals surface area (Å²) in [7, 11) is 0. The zero-order valence-electron chi connectivity index (χ0n) is 11.0. The van der Waals surface area contributed by atoms with Crippen LogP contribution in [0.2, 0.25) is 10.2 Å². The molecule has 1 aromatic heterocycles. The summed E-state index contributed by atoms with van der Waals surface area (Å²) in [5.74, 6) is 0.896. The van der Waals surface area contributed by atoms with Gasteiger partial charge < -0.3 is 9.47 Å². The van der Waals surface area contributed by atoms with Crippen molar-refractivity contribution in [3.8, 4) is 5.88 Å². The average molecular weight is 313 g/mol. The minimum atomic E-state index is 0.305. The summed E-state index contributed by atoms with van der Waals surface area (Å²) < 4.78 is 10.8. The largest absolute Gasteiger partial charge is 0.473 e. The Kier molecular flexibility index (Phi) is 5.59. The van der Waals surface area contributed by atoms with E-state index in [0.717, 1.165) is 5.56 Å². The van der Waals surface area contributed by atoms with Gasteiger partial charge in [-0.2, -0.15) is 4.98 Å². The molecule has 20 heavy (non-hydrogen) atoms. The van der Waals surface area contributed by atoms with Crippen LogP contribution in [0.25, 0.3) is 0 Å². The third-order valence-electron chi connectivity index (χ3n) is 2.49. The van der Waals surface area contributed by atoms with E-state index in [-0.39, 0.29) is 0 Å². The molecule has 0 bridgehead atoms. The second kappa shape index (κ2) is 7.43. The van der Waals surface area contributed by atoms with Gasteiger partial charge >= 0.3 is 0 Å². The number of nitrogens with zero attached hydrogens (tertiary/aromatic N) is 2. The molecule has 0 N–H and O–H groups in total. The van der Waals surface area contributed by atoms with Crippen LogP contribution in [0.3, 0.4) is 0 Å². The maximum absolute atomic E-state index is 6.06. The molecule has 2 aromatic rings. The molecule has 6 heteroatoms. The summed E-state index contributed by atoms with van der Waals surface area (Å²) in [6.45, 7) is 3.12. The summed E-state index contributed by atoms with van der Waals surface area (Å²) in [6, 6.07) is 9.04. The molecule has 0 aliphatic heterocycles. The summed E-state index contributed by atoms with van der Waals surface area (Å²) >= 11 is 12.0. The number of hydrogen-bond acceptors (Lipinski definition) is 4. The van der Waals surface area contributed by atoms with E-state index in [4.69, 9.17) is 32.7 Å². The van der Waals surface area contributed by atoms with Gasteiger partial charge in [0.2, 0.25) is 5.88 Å². The third-order valence-corrected chi connectivity index (χ3v) is 3.05. The minimum absolute atomic E-state index is 0.305. The van der Waals surface area contributed by atoms with Crippen LogP contribution in [0.15, 0.2) is 30.3 Å². The average Bonchev–Trinajstić information content (AvgIpc) is 2.44. The first-order valence-corrected chi connectivity index (χ1v) is 6.92. The number of aromatic nitrogens is 2. The lowest BCUT2D eigenvalue weighted by atomic mass is 10.2. The van der Waals surface area contributed by atoms with Crippen LogP contribution in [0.5, 0.6) is 5.88 Å². The smallest absolute Gasteiger partial charge is 0.218 e. The predicted octanol–water partition coefficient (Wildman–Crippen LogP) is 3.90. The van der Waals surface area contributed by atoms with Gasteiger partial charge in [-0.25, -0.2) is 4.98 Å². The highest BCUT2D eigenvalue weighted by Gasteiger charge is 2.06. The van der Waals surface area contributed by atoms with Crippen LogP contribution in [0.4, 0.5) is 0 Å². The standard InChI is InChI=1S/C14H14Cl2N2O2/c1-2-19-9-13-17-12(16)7-14(18-13)20-8-10-5-3-4-6-11(10)15/h3-7H,2,8-9H2,1H3. The van der Waals surface area contributed by atoms with Crippen molar-refractivity contribution in [2.45, 2.75) is 20.1 Å². The number of halogens is 2. The molecule has 0 atom stereocenters. The summed E-state index contributed by atoms with van der Waals surface area (Å²) in [4.78, 5) is 8.30. The van der Waals surface area contributed by atoms with Gasteiger partial charge in [-0.1, -0.05) is 41.4 Å². The minimum Gasteiger partial charge on any atom is -0.473 e. The fourth-order valence-electron chi connectivity index (χ4n) is 1.54. The lowest BCUT2D eigenvalue weighted by molar-refractivity contribution is 0.127. The van der Waals surface area contributed by atoms with Crippen LogP contribution in [-0.4, -0.2) is 16.6 Å². The first-order valence-electron chi connectivity index (χ1n) is 6.16. The van der Waals surface area contributed by atoms with Gasteiger partial charge in [0.05, 0.1) is 0 Å². The zero-order chi connectivity index (χ0) is 14.4. The van der Waals surface area contributed by atoms with E-state index < -0.39 is 0 Å². The summed E-state index contributed by atoms with van der Waals surface area (Å²) in [5.41, 5.74) is 0.884. The molecule has 0 unspecified atom stereocenters. The van der Waals surface area contributed by atoms with Crippen molar-refractivity contribution in [2.24, 2.45) is 0 Å². The fraction of sp³-hybridized carbons (Fsp3) is 0.286. The van der Waals surface area contributed by atoms with E-state index in [1.807, 2.05) is 31.2 Å². The van der Waals surface area contributed by atoms with Gasteiger partial charge in [0.1, 0.15) is 18.4 Å². The van der Waals surface area contributed by atoms with Crippen molar-refractivity contribution in [3.63, 3.8) is 0 Å². The Hall–Kier alpha value is -1.36. The Morgan fingerprint density at radius 1 is 1.10 bits per heavy atom. The number of hydrogen-bond donors (Lipinski definition) is 0. The van der Waals surface area contributed by atoms with Crippen molar-refractivity contribution in [1.29, 1.82) is 0 Å². The molecule has 0 saturated carbocycles. The molecule has 4 nitrogen and oxygen atoms in total. The van der Waals surface area contributed by atoms with Crippen LogP contribution in [0, 0.1) is 0 Å². The number of benzene rings is 1. The Morgan fingerprint density at radius 3 is 2.65 bits per heavy atom. The molecular weight excluding hydrogens is 299 g/mol. The molecular formula is C14H14Cl2N2O2. The lowest BCUT2D eigenvalue weighted by Crippen LogP contribution is -2.03. The van der Waals surface area contributed by atoms with E-state index in [0.29, 0.717) is 41.7 Å². The highest BCUT2D eigenvalue weighted by atomic mass is 35.5. The monoisotopic (exact) mass is 312 g/mol. The lowest BCUT2D eigenvalue weighted by Gasteiger charge is -2.08. The van der Waals surface area contributed by atoms with Crippen molar-refractivity contribution in [2.75, 3.05) is 6.61 Å². The first-order chi connectivity index (χ1) is 9.69. The van der Waals surface area contributed by atoms with E-state index in [1.54, 1.807) is 6.07 Å². The Labute approximate surface area is 127 Å². The maximum atomic E-state index is 6.06. The molecule has 106 valence electrons. The second-order valence-electron chi connectivity index (χ2n) is 3.96. The van der Waals surface area contributed by atoms with Crippen molar-refractivity contribution in [1.82, 2.24) is 9.97 Å². The van der Waals surface area contributed by atoms with Crippen molar-refractivity contribution >= 4 is 23.2 Å².